The Labute approximate surface area is 117 Å². The molecule has 1 aromatic rings. The maximum absolute atomic E-state index is 10.3. The molecule has 2 nitrogen and oxygen atoms in total. The maximum Gasteiger partial charge on any atom is 0.122 e. The van der Waals surface area contributed by atoms with Crippen molar-refractivity contribution < 1.29 is 9.84 Å². The third-order valence-corrected chi connectivity index (χ3v) is 3.81. The minimum Gasteiger partial charge on any atom is -0.507 e. The van der Waals surface area contributed by atoms with E-state index in [1.54, 1.807) is 7.11 Å². The van der Waals surface area contributed by atoms with Crippen molar-refractivity contribution >= 4 is 0 Å². The number of phenolic OH excluding ortho intramolecular Hbond substituents is 1. The Morgan fingerprint density at radius 1 is 1.21 bits per heavy atom. The van der Waals surface area contributed by atoms with Gasteiger partial charge in [-0.3, -0.25) is 0 Å². The van der Waals surface area contributed by atoms with Crippen molar-refractivity contribution in [3.8, 4) is 5.75 Å². The number of rotatable bonds is 7. The molecule has 0 heterocycles. The number of phenols is 1. The van der Waals surface area contributed by atoms with Crippen LogP contribution in [0.1, 0.15) is 63.1 Å². The number of hydrogen-bond donors (Lipinski definition) is 1. The Morgan fingerprint density at radius 2 is 1.89 bits per heavy atom. The summed E-state index contributed by atoms with van der Waals surface area (Å²) in [6, 6.07) is 4.10. The highest BCUT2D eigenvalue weighted by atomic mass is 16.5. The van der Waals surface area contributed by atoms with Crippen LogP contribution < -0.4 is 0 Å². The van der Waals surface area contributed by atoms with Crippen LogP contribution in [0.4, 0.5) is 0 Å². The Balaban J connectivity index is 3.02. The van der Waals surface area contributed by atoms with E-state index in [9.17, 15) is 5.11 Å². The summed E-state index contributed by atoms with van der Waals surface area (Å²) in [6.45, 7) is 9.20. The molecule has 0 bridgehead atoms. The standard InChI is InChI=1S/C17H28O2/c1-6-7-8-9-17(3,4)15-11-14(12-19-5)10-13(2)16(15)18/h10-11,18H,6-9,12H2,1-5H3. The molecule has 0 fully saturated rings. The van der Waals surface area contributed by atoms with E-state index >= 15 is 0 Å². The normalized spacial score (nSPS) is 11.8. The van der Waals surface area contributed by atoms with Gasteiger partial charge in [0.1, 0.15) is 5.75 Å². The van der Waals surface area contributed by atoms with Gasteiger partial charge in [-0.2, -0.15) is 0 Å². The third-order valence-electron chi connectivity index (χ3n) is 3.81. The fourth-order valence-electron chi connectivity index (χ4n) is 2.57. The zero-order valence-corrected chi connectivity index (χ0v) is 13.0. The molecule has 1 rings (SSSR count). The predicted octanol–water partition coefficient (Wildman–Crippen LogP) is 4.70. The molecule has 0 saturated heterocycles. The highest BCUT2D eigenvalue weighted by molar-refractivity contribution is 5.46. The number of unbranched alkanes of at least 4 members (excludes halogenated alkanes) is 2. The molecule has 0 saturated carbocycles. The molecule has 1 N–H and O–H groups in total. The minimum atomic E-state index is 0.00770. The van der Waals surface area contributed by atoms with Crippen molar-refractivity contribution in [2.24, 2.45) is 0 Å². The molecular formula is C17H28O2. The lowest BCUT2D eigenvalue weighted by atomic mass is 9.78. The van der Waals surface area contributed by atoms with Crippen LogP contribution in [0, 0.1) is 6.92 Å². The summed E-state index contributed by atoms with van der Waals surface area (Å²) in [5, 5.41) is 10.3. The lowest BCUT2D eigenvalue weighted by Crippen LogP contribution is -2.18. The lowest BCUT2D eigenvalue weighted by Gasteiger charge is -2.27. The first-order valence-electron chi connectivity index (χ1n) is 7.24. The molecule has 0 aromatic heterocycles. The highest BCUT2D eigenvalue weighted by Gasteiger charge is 2.24. The number of ether oxygens (including phenoxy) is 1. The molecule has 19 heavy (non-hydrogen) atoms. The number of aryl methyl sites for hydroxylation is 1. The molecule has 1 aromatic carbocycles. The van der Waals surface area contributed by atoms with Crippen LogP contribution in [-0.2, 0) is 16.8 Å². The van der Waals surface area contributed by atoms with Crippen LogP contribution in [0.25, 0.3) is 0 Å². The van der Waals surface area contributed by atoms with Gasteiger partial charge in [-0.1, -0.05) is 46.1 Å². The quantitative estimate of drug-likeness (QED) is 0.723. The number of methoxy groups -OCH3 is 1. The van der Waals surface area contributed by atoms with Crippen LogP contribution >= 0.6 is 0 Å². The summed E-state index contributed by atoms with van der Waals surface area (Å²) >= 11 is 0. The van der Waals surface area contributed by atoms with Crippen molar-refractivity contribution in [3.05, 3.63) is 28.8 Å². The van der Waals surface area contributed by atoms with Crippen LogP contribution in [0.2, 0.25) is 0 Å². The van der Waals surface area contributed by atoms with Crippen molar-refractivity contribution in [3.63, 3.8) is 0 Å². The first-order chi connectivity index (χ1) is 8.92. The zero-order valence-electron chi connectivity index (χ0n) is 13.0. The molecule has 0 unspecified atom stereocenters. The molecule has 0 aliphatic carbocycles. The van der Waals surface area contributed by atoms with Crippen molar-refractivity contribution in [2.75, 3.05) is 7.11 Å². The van der Waals surface area contributed by atoms with Crippen molar-refractivity contribution in [1.82, 2.24) is 0 Å². The Kier molecular flexibility index (Phi) is 5.86. The van der Waals surface area contributed by atoms with E-state index in [1.165, 1.54) is 19.3 Å². The zero-order chi connectivity index (χ0) is 14.5. The average molecular weight is 264 g/mol. The molecule has 0 aliphatic rings. The van der Waals surface area contributed by atoms with Crippen LogP contribution in [-0.4, -0.2) is 12.2 Å². The summed E-state index contributed by atoms with van der Waals surface area (Å²) in [5.74, 6) is 0.446. The van der Waals surface area contributed by atoms with Gasteiger partial charge in [0, 0.05) is 12.7 Å². The van der Waals surface area contributed by atoms with E-state index in [0.29, 0.717) is 12.4 Å². The summed E-state index contributed by atoms with van der Waals surface area (Å²) in [5.41, 5.74) is 3.13. The van der Waals surface area contributed by atoms with Crippen molar-refractivity contribution in [1.29, 1.82) is 0 Å². The smallest absolute Gasteiger partial charge is 0.122 e. The summed E-state index contributed by atoms with van der Waals surface area (Å²) < 4.78 is 5.21. The largest absolute Gasteiger partial charge is 0.507 e. The number of aromatic hydroxyl groups is 1. The molecule has 2 heteroatoms. The van der Waals surface area contributed by atoms with Crippen molar-refractivity contribution in [2.45, 2.75) is 65.4 Å². The van der Waals surface area contributed by atoms with Gasteiger partial charge in [-0.05, 0) is 36.0 Å². The molecule has 0 amide bonds. The average Bonchev–Trinajstić information content (AvgIpc) is 2.34. The van der Waals surface area contributed by atoms with Gasteiger partial charge in [0.05, 0.1) is 6.61 Å². The van der Waals surface area contributed by atoms with Gasteiger partial charge >= 0.3 is 0 Å². The van der Waals surface area contributed by atoms with Gasteiger partial charge in [0.15, 0.2) is 0 Å². The fraction of sp³-hybridized carbons (Fsp3) is 0.647. The summed E-state index contributed by atoms with van der Waals surface area (Å²) in [6.07, 6.45) is 4.78. The van der Waals surface area contributed by atoms with Crippen LogP contribution in [0.15, 0.2) is 12.1 Å². The van der Waals surface area contributed by atoms with E-state index in [0.717, 1.165) is 23.1 Å². The predicted molar refractivity (Wildman–Crippen MR) is 80.7 cm³/mol. The minimum absolute atomic E-state index is 0.00770. The summed E-state index contributed by atoms with van der Waals surface area (Å²) in [7, 11) is 1.70. The topological polar surface area (TPSA) is 29.5 Å². The molecule has 108 valence electrons. The van der Waals surface area contributed by atoms with E-state index < -0.39 is 0 Å². The second-order valence-corrected chi connectivity index (χ2v) is 6.08. The number of benzene rings is 1. The Morgan fingerprint density at radius 3 is 2.47 bits per heavy atom. The Hall–Kier alpha value is -1.02. The molecular weight excluding hydrogens is 236 g/mol. The van der Waals surface area contributed by atoms with Gasteiger partial charge in [-0.25, -0.2) is 0 Å². The van der Waals surface area contributed by atoms with E-state index in [-0.39, 0.29) is 5.41 Å². The second-order valence-electron chi connectivity index (χ2n) is 6.08. The second kappa shape index (κ2) is 6.95. The monoisotopic (exact) mass is 264 g/mol. The van der Waals surface area contributed by atoms with Gasteiger partial charge in [0.2, 0.25) is 0 Å². The summed E-state index contributed by atoms with van der Waals surface area (Å²) in [4.78, 5) is 0. The maximum atomic E-state index is 10.3. The van der Waals surface area contributed by atoms with Crippen LogP contribution in [0.3, 0.4) is 0 Å². The SMILES string of the molecule is CCCCCC(C)(C)c1cc(COC)cc(C)c1O. The molecule has 0 atom stereocenters. The third kappa shape index (κ3) is 4.24. The fourth-order valence-corrected chi connectivity index (χ4v) is 2.57. The Bertz CT molecular complexity index is 408. The molecule has 0 aliphatic heterocycles. The van der Waals surface area contributed by atoms with Crippen LogP contribution in [0.5, 0.6) is 5.75 Å². The van der Waals surface area contributed by atoms with Gasteiger partial charge < -0.3 is 9.84 Å². The van der Waals surface area contributed by atoms with Gasteiger partial charge in [-0.15, -0.1) is 0 Å². The first-order valence-corrected chi connectivity index (χ1v) is 7.24. The van der Waals surface area contributed by atoms with E-state index in [2.05, 4.69) is 26.8 Å². The first kappa shape index (κ1) is 16.0. The van der Waals surface area contributed by atoms with E-state index in [4.69, 9.17) is 4.74 Å². The molecule has 0 spiro atoms. The number of hydrogen-bond acceptors (Lipinski definition) is 2. The van der Waals surface area contributed by atoms with Gasteiger partial charge in [0.25, 0.3) is 0 Å². The van der Waals surface area contributed by atoms with E-state index in [1.807, 2.05) is 13.0 Å². The lowest BCUT2D eigenvalue weighted by molar-refractivity contribution is 0.184. The highest BCUT2D eigenvalue weighted by Crippen LogP contribution is 2.37. The molecule has 0 radical (unpaired) electrons.